The topological polar surface area (TPSA) is 78.5 Å². The quantitative estimate of drug-likeness (QED) is 0.762. The third-order valence-electron chi connectivity index (χ3n) is 4.06. The lowest BCUT2D eigenvalue weighted by Gasteiger charge is -2.31. The van der Waals surface area contributed by atoms with Gasteiger partial charge in [-0.25, -0.2) is 0 Å². The molecule has 1 aliphatic heterocycles. The zero-order valence-corrected chi connectivity index (χ0v) is 15.0. The van der Waals surface area contributed by atoms with Gasteiger partial charge in [-0.3, -0.25) is 14.4 Å². The van der Waals surface area contributed by atoms with Gasteiger partial charge in [0.2, 0.25) is 11.8 Å². The second-order valence-electron chi connectivity index (χ2n) is 6.30. The molecular formula is C17H25N3O3S. The van der Waals surface area contributed by atoms with Gasteiger partial charge in [0.05, 0.1) is 10.8 Å². The van der Waals surface area contributed by atoms with Gasteiger partial charge in [0.15, 0.2) is 0 Å². The van der Waals surface area contributed by atoms with Gasteiger partial charge in [-0.1, -0.05) is 19.9 Å². The summed E-state index contributed by atoms with van der Waals surface area (Å²) in [5, 5.41) is 7.50. The molecule has 0 saturated carbocycles. The van der Waals surface area contributed by atoms with E-state index in [1.165, 1.54) is 11.3 Å². The highest BCUT2D eigenvalue weighted by atomic mass is 32.1. The number of likely N-dealkylation sites (tertiary alicyclic amines) is 1. The SMILES string of the molecule is CC(C)C(=O)NCCNC(=O)[C@H]1CCCN(C(=O)c2cccs2)C1. The van der Waals surface area contributed by atoms with Gasteiger partial charge in [-0.15, -0.1) is 11.3 Å². The summed E-state index contributed by atoms with van der Waals surface area (Å²) in [5.74, 6) is -0.293. The molecule has 7 heteroatoms. The number of hydrogen-bond donors (Lipinski definition) is 2. The van der Waals surface area contributed by atoms with Crippen LogP contribution < -0.4 is 10.6 Å². The standard InChI is InChI=1S/C17H25N3O3S/c1-12(2)15(21)18-7-8-19-16(22)13-5-3-9-20(11-13)17(23)14-6-4-10-24-14/h4,6,10,12-13H,3,5,7-9,11H2,1-2H3,(H,18,21)(H,19,22)/t13-/m0/s1. The van der Waals surface area contributed by atoms with Crippen LogP contribution >= 0.6 is 11.3 Å². The molecule has 0 unspecified atom stereocenters. The number of hydrogen-bond acceptors (Lipinski definition) is 4. The second kappa shape index (κ2) is 8.82. The molecule has 6 nitrogen and oxygen atoms in total. The number of amides is 3. The van der Waals surface area contributed by atoms with Crippen LogP contribution in [0.4, 0.5) is 0 Å². The normalized spacial score (nSPS) is 17.6. The van der Waals surface area contributed by atoms with Crippen LogP contribution in [0.15, 0.2) is 17.5 Å². The van der Waals surface area contributed by atoms with Gasteiger partial charge in [0.1, 0.15) is 0 Å². The number of nitrogens with one attached hydrogen (secondary N) is 2. The summed E-state index contributed by atoms with van der Waals surface area (Å²) in [4.78, 5) is 38.6. The summed E-state index contributed by atoms with van der Waals surface area (Å²) in [6, 6.07) is 3.67. The Hall–Kier alpha value is -1.89. The van der Waals surface area contributed by atoms with Crippen LogP contribution in [-0.4, -0.2) is 48.8 Å². The van der Waals surface area contributed by atoms with Crippen LogP contribution in [0, 0.1) is 11.8 Å². The molecule has 0 aliphatic carbocycles. The van der Waals surface area contributed by atoms with Crippen LogP contribution in [0.25, 0.3) is 0 Å². The van der Waals surface area contributed by atoms with Gasteiger partial charge in [0.25, 0.3) is 5.91 Å². The molecule has 24 heavy (non-hydrogen) atoms. The van der Waals surface area contributed by atoms with E-state index in [-0.39, 0.29) is 29.6 Å². The fourth-order valence-electron chi connectivity index (χ4n) is 2.65. The Morgan fingerprint density at radius 1 is 1.29 bits per heavy atom. The third kappa shape index (κ3) is 5.06. The number of piperidine rings is 1. The van der Waals surface area contributed by atoms with Crippen LogP contribution in [0.2, 0.25) is 0 Å². The molecule has 1 saturated heterocycles. The van der Waals surface area contributed by atoms with Gasteiger partial charge in [-0.05, 0) is 24.3 Å². The number of carbonyl (C=O) groups is 3. The predicted molar refractivity (Wildman–Crippen MR) is 93.8 cm³/mol. The maximum Gasteiger partial charge on any atom is 0.263 e. The Kier molecular flexibility index (Phi) is 6.78. The molecule has 2 heterocycles. The molecular weight excluding hydrogens is 326 g/mol. The van der Waals surface area contributed by atoms with Crippen molar-refractivity contribution in [3.8, 4) is 0 Å². The van der Waals surface area contributed by atoms with Crippen molar-refractivity contribution in [2.45, 2.75) is 26.7 Å². The zero-order chi connectivity index (χ0) is 17.5. The Labute approximate surface area is 146 Å². The summed E-state index contributed by atoms with van der Waals surface area (Å²) in [7, 11) is 0. The number of rotatable bonds is 6. The van der Waals surface area contributed by atoms with E-state index in [2.05, 4.69) is 10.6 Å². The highest BCUT2D eigenvalue weighted by Crippen LogP contribution is 2.20. The fraction of sp³-hybridized carbons (Fsp3) is 0.588. The summed E-state index contributed by atoms with van der Waals surface area (Å²) in [5.41, 5.74) is 0. The lowest BCUT2D eigenvalue weighted by Crippen LogP contribution is -2.46. The maximum atomic E-state index is 12.4. The minimum atomic E-state index is -0.177. The Morgan fingerprint density at radius 3 is 2.71 bits per heavy atom. The lowest BCUT2D eigenvalue weighted by molar-refractivity contribution is -0.127. The summed E-state index contributed by atoms with van der Waals surface area (Å²) >= 11 is 1.42. The van der Waals surface area contributed by atoms with Gasteiger partial charge in [-0.2, -0.15) is 0 Å². The van der Waals surface area contributed by atoms with Crippen molar-refractivity contribution in [2.24, 2.45) is 11.8 Å². The molecule has 1 fully saturated rings. The molecule has 1 aromatic rings. The van der Waals surface area contributed by atoms with E-state index in [1.807, 2.05) is 31.4 Å². The Morgan fingerprint density at radius 2 is 2.04 bits per heavy atom. The first kappa shape index (κ1) is 18.4. The number of thiophene rings is 1. The van der Waals surface area contributed by atoms with Crippen molar-refractivity contribution in [3.05, 3.63) is 22.4 Å². The molecule has 1 aliphatic rings. The molecule has 0 radical (unpaired) electrons. The second-order valence-corrected chi connectivity index (χ2v) is 7.25. The highest BCUT2D eigenvalue weighted by molar-refractivity contribution is 7.12. The molecule has 3 amide bonds. The first-order chi connectivity index (χ1) is 11.5. The average molecular weight is 351 g/mol. The van der Waals surface area contributed by atoms with E-state index >= 15 is 0 Å². The smallest absolute Gasteiger partial charge is 0.263 e. The van der Waals surface area contributed by atoms with Crippen molar-refractivity contribution < 1.29 is 14.4 Å². The van der Waals surface area contributed by atoms with E-state index in [4.69, 9.17) is 0 Å². The van der Waals surface area contributed by atoms with E-state index < -0.39 is 0 Å². The van der Waals surface area contributed by atoms with Crippen molar-refractivity contribution in [2.75, 3.05) is 26.2 Å². The number of nitrogens with zero attached hydrogens (tertiary/aromatic N) is 1. The van der Waals surface area contributed by atoms with Crippen LogP contribution in [0.3, 0.4) is 0 Å². The van der Waals surface area contributed by atoms with E-state index in [0.29, 0.717) is 31.1 Å². The zero-order valence-electron chi connectivity index (χ0n) is 14.2. The van der Waals surface area contributed by atoms with Crippen LogP contribution in [-0.2, 0) is 9.59 Å². The minimum Gasteiger partial charge on any atom is -0.354 e. The maximum absolute atomic E-state index is 12.4. The largest absolute Gasteiger partial charge is 0.354 e. The van der Waals surface area contributed by atoms with E-state index in [1.54, 1.807) is 4.90 Å². The van der Waals surface area contributed by atoms with E-state index in [9.17, 15) is 14.4 Å². The Balaban J connectivity index is 1.76. The van der Waals surface area contributed by atoms with Crippen molar-refractivity contribution >= 4 is 29.1 Å². The molecule has 2 rings (SSSR count). The summed E-state index contributed by atoms with van der Waals surface area (Å²) in [6.45, 7) is 5.65. The molecule has 1 atom stereocenters. The van der Waals surface area contributed by atoms with Crippen molar-refractivity contribution in [1.82, 2.24) is 15.5 Å². The van der Waals surface area contributed by atoms with Crippen LogP contribution in [0.1, 0.15) is 36.4 Å². The van der Waals surface area contributed by atoms with Crippen molar-refractivity contribution in [3.63, 3.8) is 0 Å². The molecule has 2 N–H and O–H groups in total. The predicted octanol–water partition coefficient (Wildman–Crippen LogP) is 1.49. The van der Waals surface area contributed by atoms with E-state index in [0.717, 1.165) is 12.8 Å². The van der Waals surface area contributed by atoms with Gasteiger partial charge in [0, 0.05) is 32.1 Å². The van der Waals surface area contributed by atoms with Crippen molar-refractivity contribution in [1.29, 1.82) is 0 Å². The molecule has 0 bridgehead atoms. The highest BCUT2D eigenvalue weighted by Gasteiger charge is 2.29. The van der Waals surface area contributed by atoms with Crippen LogP contribution in [0.5, 0.6) is 0 Å². The lowest BCUT2D eigenvalue weighted by atomic mass is 9.97. The molecule has 0 aromatic carbocycles. The van der Waals surface area contributed by atoms with Gasteiger partial charge >= 0.3 is 0 Å². The summed E-state index contributed by atoms with van der Waals surface area (Å²) < 4.78 is 0. The van der Waals surface area contributed by atoms with Gasteiger partial charge < -0.3 is 15.5 Å². The third-order valence-corrected chi connectivity index (χ3v) is 4.92. The molecule has 132 valence electrons. The molecule has 1 aromatic heterocycles. The minimum absolute atomic E-state index is 0.00620. The average Bonchev–Trinajstić information content (AvgIpc) is 3.12. The Bertz CT molecular complexity index is 572. The monoisotopic (exact) mass is 351 g/mol. The summed E-state index contributed by atoms with van der Waals surface area (Å²) in [6.07, 6.45) is 1.62. The first-order valence-electron chi connectivity index (χ1n) is 8.37. The first-order valence-corrected chi connectivity index (χ1v) is 9.25. The number of carbonyl (C=O) groups excluding carboxylic acids is 3. The molecule has 0 spiro atoms. The fourth-order valence-corrected chi connectivity index (χ4v) is 3.34.